The van der Waals surface area contributed by atoms with Crippen molar-refractivity contribution < 1.29 is 9.53 Å². The van der Waals surface area contributed by atoms with E-state index >= 15 is 0 Å². The molecule has 3 heteroatoms. The third-order valence-corrected chi connectivity index (χ3v) is 5.20. The Morgan fingerprint density at radius 3 is 2.58 bits per heavy atom. The molecule has 110 valence electrons. The third-order valence-electron chi connectivity index (χ3n) is 5.20. The average Bonchev–Trinajstić information content (AvgIpc) is 2.33. The maximum atomic E-state index is 12.4. The fourth-order valence-electron chi connectivity index (χ4n) is 3.45. The van der Waals surface area contributed by atoms with Gasteiger partial charge in [-0.3, -0.25) is 4.79 Å². The van der Waals surface area contributed by atoms with Crippen LogP contribution >= 0.6 is 0 Å². The van der Waals surface area contributed by atoms with Gasteiger partial charge >= 0.3 is 5.97 Å². The number of hydrogen-bond acceptors (Lipinski definition) is 3. The van der Waals surface area contributed by atoms with Gasteiger partial charge < -0.3 is 10.1 Å². The predicted octanol–water partition coefficient (Wildman–Crippen LogP) is 3.13. The van der Waals surface area contributed by atoms with E-state index in [1.807, 2.05) is 0 Å². The quantitative estimate of drug-likeness (QED) is 0.781. The van der Waals surface area contributed by atoms with Crippen molar-refractivity contribution >= 4 is 5.97 Å². The largest absolute Gasteiger partial charge is 0.461 e. The summed E-state index contributed by atoms with van der Waals surface area (Å²) in [6.45, 7) is 9.83. The number of esters is 1. The van der Waals surface area contributed by atoms with Gasteiger partial charge in [-0.15, -0.1) is 0 Å². The standard InChI is InChI=1S/C16H29NO2/c1-11-6-7-13(10-12(11)2)19-15(18)14-16(3,4)8-5-9-17-14/h11-14,17H,5-10H2,1-4H3. The van der Waals surface area contributed by atoms with Crippen LogP contribution < -0.4 is 5.32 Å². The Morgan fingerprint density at radius 1 is 1.21 bits per heavy atom. The van der Waals surface area contributed by atoms with E-state index in [1.165, 1.54) is 6.42 Å². The molecule has 1 saturated carbocycles. The molecule has 1 N–H and O–H groups in total. The van der Waals surface area contributed by atoms with E-state index in [2.05, 4.69) is 33.0 Å². The highest BCUT2D eigenvalue weighted by Crippen LogP contribution is 2.34. The summed E-state index contributed by atoms with van der Waals surface area (Å²) in [7, 11) is 0. The lowest BCUT2D eigenvalue weighted by atomic mass is 9.77. The summed E-state index contributed by atoms with van der Waals surface area (Å²) in [5.41, 5.74) is 0.0168. The molecule has 4 unspecified atom stereocenters. The Hall–Kier alpha value is -0.570. The Labute approximate surface area is 117 Å². The molecule has 0 aromatic rings. The summed E-state index contributed by atoms with van der Waals surface area (Å²) in [6.07, 6.45) is 5.62. The minimum absolute atomic E-state index is 0.0168. The lowest BCUT2D eigenvalue weighted by Crippen LogP contribution is -2.53. The first-order chi connectivity index (χ1) is 8.90. The molecule has 0 radical (unpaired) electrons. The third kappa shape index (κ3) is 3.50. The second-order valence-corrected chi connectivity index (χ2v) is 7.31. The Kier molecular flexibility index (Phi) is 4.54. The minimum Gasteiger partial charge on any atom is -0.461 e. The van der Waals surface area contributed by atoms with Crippen LogP contribution in [0.2, 0.25) is 0 Å². The molecule has 0 amide bonds. The summed E-state index contributed by atoms with van der Waals surface area (Å²) in [5, 5.41) is 3.34. The van der Waals surface area contributed by atoms with E-state index in [0.29, 0.717) is 5.92 Å². The molecule has 1 aliphatic heterocycles. The summed E-state index contributed by atoms with van der Waals surface area (Å²) < 4.78 is 5.78. The van der Waals surface area contributed by atoms with Crippen LogP contribution in [0.1, 0.15) is 59.8 Å². The zero-order chi connectivity index (χ0) is 14.0. The van der Waals surface area contributed by atoms with Crippen LogP contribution in [-0.4, -0.2) is 24.7 Å². The summed E-state index contributed by atoms with van der Waals surface area (Å²) >= 11 is 0. The molecule has 0 spiro atoms. The van der Waals surface area contributed by atoms with E-state index < -0.39 is 0 Å². The minimum atomic E-state index is -0.129. The maximum absolute atomic E-state index is 12.4. The fraction of sp³-hybridized carbons (Fsp3) is 0.938. The van der Waals surface area contributed by atoms with Crippen LogP contribution in [0, 0.1) is 17.3 Å². The fourth-order valence-corrected chi connectivity index (χ4v) is 3.45. The second-order valence-electron chi connectivity index (χ2n) is 7.31. The summed E-state index contributed by atoms with van der Waals surface area (Å²) in [6, 6.07) is -0.129. The van der Waals surface area contributed by atoms with Crippen molar-refractivity contribution in [3.05, 3.63) is 0 Å². The lowest BCUT2D eigenvalue weighted by molar-refractivity contribution is -0.158. The topological polar surface area (TPSA) is 38.3 Å². The number of carbonyl (C=O) groups is 1. The van der Waals surface area contributed by atoms with E-state index in [1.54, 1.807) is 0 Å². The molecular weight excluding hydrogens is 238 g/mol. The highest BCUT2D eigenvalue weighted by atomic mass is 16.5. The van der Waals surface area contributed by atoms with Crippen molar-refractivity contribution in [1.82, 2.24) is 5.32 Å². The highest BCUT2D eigenvalue weighted by molar-refractivity contribution is 5.77. The molecule has 4 atom stereocenters. The van der Waals surface area contributed by atoms with Crippen molar-refractivity contribution in [1.29, 1.82) is 0 Å². The van der Waals surface area contributed by atoms with E-state index in [-0.39, 0.29) is 23.5 Å². The van der Waals surface area contributed by atoms with Gasteiger partial charge in [0.25, 0.3) is 0 Å². The normalized spacial score (nSPS) is 38.7. The van der Waals surface area contributed by atoms with E-state index in [9.17, 15) is 4.79 Å². The number of ether oxygens (including phenoxy) is 1. The van der Waals surface area contributed by atoms with Gasteiger partial charge in [-0.25, -0.2) is 0 Å². The molecule has 2 aliphatic rings. The van der Waals surface area contributed by atoms with Crippen molar-refractivity contribution in [3.8, 4) is 0 Å². The van der Waals surface area contributed by atoms with Gasteiger partial charge in [0.2, 0.25) is 0 Å². The molecule has 0 aromatic heterocycles. The van der Waals surface area contributed by atoms with Crippen LogP contribution in [0.25, 0.3) is 0 Å². The number of carbonyl (C=O) groups excluding carboxylic acids is 1. The molecule has 0 aromatic carbocycles. The zero-order valence-electron chi connectivity index (χ0n) is 12.9. The van der Waals surface area contributed by atoms with Crippen molar-refractivity contribution in [2.24, 2.45) is 17.3 Å². The van der Waals surface area contributed by atoms with Crippen LogP contribution in [0.4, 0.5) is 0 Å². The number of rotatable bonds is 2. The van der Waals surface area contributed by atoms with Gasteiger partial charge in [-0.1, -0.05) is 27.7 Å². The number of hydrogen-bond donors (Lipinski definition) is 1. The van der Waals surface area contributed by atoms with Crippen LogP contribution in [0.15, 0.2) is 0 Å². The molecule has 1 heterocycles. The Balaban J connectivity index is 1.90. The van der Waals surface area contributed by atoms with E-state index in [4.69, 9.17) is 4.74 Å². The molecule has 1 aliphatic carbocycles. The van der Waals surface area contributed by atoms with Crippen LogP contribution in [0.5, 0.6) is 0 Å². The zero-order valence-corrected chi connectivity index (χ0v) is 12.9. The van der Waals surface area contributed by atoms with Gasteiger partial charge in [0, 0.05) is 0 Å². The molecule has 0 bridgehead atoms. The molecule has 19 heavy (non-hydrogen) atoms. The van der Waals surface area contributed by atoms with Crippen LogP contribution in [-0.2, 0) is 9.53 Å². The predicted molar refractivity (Wildman–Crippen MR) is 76.9 cm³/mol. The van der Waals surface area contributed by atoms with Gasteiger partial charge in [-0.2, -0.15) is 0 Å². The maximum Gasteiger partial charge on any atom is 0.323 e. The Morgan fingerprint density at radius 2 is 1.95 bits per heavy atom. The lowest BCUT2D eigenvalue weighted by Gasteiger charge is -2.39. The van der Waals surface area contributed by atoms with Gasteiger partial charge in [-0.05, 0) is 55.9 Å². The molecular formula is C16H29NO2. The van der Waals surface area contributed by atoms with Crippen molar-refractivity contribution in [2.45, 2.75) is 71.9 Å². The molecule has 1 saturated heterocycles. The van der Waals surface area contributed by atoms with Gasteiger partial charge in [0.1, 0.15) is 12.1 Å². The molecule has 3 nitrogen and oxygen atoms in total. The van der Waals surface area contributed by atoms with Gasteiger partial charge in [0.05, 0.1) is 0 Å². The van der Waals surface area contributed by atoms with E-state index in [0.717, 1.165) is 38.1 Å². The number of nitrogens with one attached hydrogen (secondary N) is 1. The number of piperidine rings is 1. The first-order valence-corrected chi connectivity index (χ1v) is 7.84. The first kappa shape index (κ1) is 14.8. The Bertz CT molecular complexity index is 327. The molecule has 2 rings (SSSR count). The smallest absolute Gasteiger partial charge is 0.323 e. The summed E-state index contributed by atoms with van der Waals surface area (Å²) in [5.74, 6) is 1.40. The highest BCUT2D eigenvalue weighted by Gasteiger charge is 2.39. The van der Waals surface area contributed by atoms with Crippen molar-refractivity contribution in [2.75, 3.05) is 6.54 Å². The van der Waals surface area contributed by atoms with Gasteiger partial charge in [0.15, 0.2) is 0 Å². The first-order valence-electron chi connectivity index (χ1n) is 7.84. The average molecular weight is 267 g/mol. The SMILES string of the molecule is CC1CCC(OC(=O)C2NCCCC2(C)C)CC1C. The summed E-state index contributed by atoms with van der Waals surface area (Å²) in [4.78, 5) is 12.4. The second kappa shape index (κ2) is 5.82. The van der Waals surface area contributed by atoms with Crippen LogP contribution in [0.3, 0.4) is 0 Å². The van der Waals surface area contributed by atoms with Crippen molar-refractivity contribution in [3.63, 3.8) is 0 Å². The molecule has 2 fully saturated rings. The monoisotopic (exact) mass is 267 g/mol.